The fourth-order valence-electron chi connectivity index (χ4n) is 1.87. The van der Waals surface area contributed by atoms with Crippen molar-refractivity contribution in [2.24, 2.45) is 5.73 Å². The molecule has 4 heteroatoms. The van der Waals surface area contributed by atoms with E-state index >= 15 is 0 Å². The molecule has 0 aromatic heterocycles. The minimum absolute atomic E-state index is 0.166. The largest absolute Gasteiger partial charge is 0.508 e. The Kier molecular flexibility index (Phi) is 4.73. The number of carbonyl (C=O) groups excluding carboxylic acids is 1. The van der Waals surface area contributed by atoms with Gasteiger partial charge < -0.3 is 16.2 Å². The lowest BCUT2D eigenvalue weighted by molar-refractivity contribution is -0.126. The number of phenolic OH excluding ortho intramolecular Hbond substituents is 1. The van der Waals surface area contributed by atoms with Crippen molar-refractivity contribution < 1.29 is 9.90 Å². The summed E-state index contributed by atoms with van der Waals surface area (Å²) in [6.07, 6.45) is 1.51. The molecule has 4 N–H and O–H groups in total. The second-order valence-corrected chi connectivity index (χ2v) is 4.96. The number of benzene rings is 1. The Labute approximate surface area is 108 Å². The first-order valence-corrected chi connectivity index (χ1v) is 6.25. The van der Waals surface area contributed by atoms with Gasteiger partial charge in [-0.25, -0.2) is 0 Å². The molecular weight excluding hydrogens is 228 g/mol. The molecule has 0 aliphatic rings. The molecule has 0 radical (unpaired) electrons. The third-order valence-electron chi connectivity index (χ3n) is 3.01. The number of rotatable bonds is 5. The minimum Gasteiger partial charge on any atom is -0.508 e. The van der Waals surface area contributed by atoms with E-state index in [-0.39, 0.29) is 17.7 Å². The van der Waals surface area contributed by atoms with Gasteiger partial charge in [-0.05, 0) is 38.0 Å². The Morgan fingerprint density at radius 1 is 1.56 bits per heavy atom. The predicted molar refractivity (Wildman–Crippen MR) is 72.2 cm³/mol. The highest BCUT2D eigenvalue weighted by Crippen LogP contribution is 2.19. The first-order chi connectivity index (χ1) is 8.36. The van der Waals surface area contributed by atoms with Crippen LogP contribution >= 0.6 is 0 Å². The molecule has 0 spiro atoms. The van der Waals surface area contributed by atoms with Gasteiger partial charge in [0.05, 0.1) is 11.6 Å². The molecule has 0 fully saturated rings. The lowest BCUT2D eigenvalue weighted by Crippen LogP contribution is -2.51. The predicted octanol–water partition coefficient (Wildman–Crippen LogP) is 2.09. The van der Waals surface area contributed by atoms with Crippen molar-refractivity contribution in [1.82, 2.24) is 5.32 Å². The molecule has 0 heterocycles. The number of aromatic hydroxyl groups is 1. The minimum atomic E-state index is -0.847. The summed E-state index contributed by atoms with van der Waals surface area (Å²) in [7, 11) is 0. The number of hydrogen-bond donors (Lipinski definition) is 3. The van der Waals surface area contributed by atoms with Gasteiger partial charge in [0, 0.05) is 0 Å². The normalized spacial score (nSPS) is 15.8. The van der Waals surface area contributed by atoms with Crippen LogP contribution in [0.2, 0.25) is 0 Å². The Balaban J connectivity index is 2.70. The summed E-state index contributed by atoms with van der Waals surface area (Å²) >= 11 is 0. The van der Waals surface area contributed by atoms with Crippen molar-refractivity contribution in [2.45, 2.75) is 45.2 Å². The topological polar surface area (TPSA) is 75.4 Å². The van der Waals surface area contributed by atoms with Crippen molar-refractivity contribution in [1.29, 1.82) is 0 Å². The van der Waals surface area contributed by atoms with E-state index in [0.717, 1.165) is 12.0 Å². The summed E-state index contributed by atoms with van der Waals surface area (Å²) in [6, 6.07) is 6.67. The van der Waals surface area contributed by atoms with E-state index in [4.69, 9.17) is 5.73 Å². The van der Waals surface area contributed by atoms with Gasteiger partial charge in [-0.2, -0.15) is 0 Å². The Morgan fingerprint density at radius 2 is 2.22 bits per heavy atom. The van der Waals surface area contributed by atoms with Crippen LogP contribution in [-0.4, -0.2) is 16.6 Å². The molecule has 1 amide bonds. The van der Waals surface area contributed by atoms with Crippen molar-refractivity contribution >= 4 is 5.91 Å². The molecule has 2 atom stereocenters. The maximum atomic E-state index is 12.0. The molecule has 1 aromatic rings. The van der Waals surface area contributed by atoms with Crippen LogP contribution in [0, 0.1) is 0 Å². The van der Waals surface area contributed by atoms with Gasteiger partial charge in [0.25, 0.3) is 0 Å². The first-order valence-electron chi connectivity index (χ1n) is 6.25. The van der Waals surface area contributed by atoms with Crippen molar-refractivity contribution in [3.8, 4) is 5.75 Å². The Bertz CT molecular complexity index is 416. The molecule has 0 aliphatic carbocycles. The molecule has 4 nitrogen and oxygen atoms in total. The smallest absolute Gasteiger partial charge is 0.240 e. The van der Waals surface area contributed by atoms with Gasteiger partial charge in [0.15, 0.2) is 0 Å². The van der Waals surface area contributed by atoms with E-state index in [1.165, 1.54) is 0 Å². The quantitative estimate of drug-likeness (QED) is 0.749. The van der Waals surface area contributed by atoms with Crippen LogP contribution in [0.3, 0.4) is 0 Å². The van der Waals surface area contributed by atoms with Crippen LogP contribution in [0.1, 0.15) is 45.2 Å². The van der Waals surface area contributed by atoms with Crippen LogP contribution in [-0.2, 0) is 4.79 Å². The second kappa shape index (κ2) is 5.87. The van der Waals surface area contributed by atoms with Crippen molar-refractivity contribution in [3.63, 3.8) is 0 Å². The summed E-state index contributed by atoms with van der Waals surface area (Å²) in [6.45, 7) is 5.60. The molecule has 0 saturated heterocycles. The number of hydrogen-bond acceptors (Lipinski definition) is 3. The number of nitrogens with one attached hydrogen (secondary N) is 1. The van der Waals surface area contributed by atoms with Crippen LogP contribution in [0.4, 0.5) is 0 Å². The van der Waals surface area contributed by atoms with Gasteiger partial charge >= 0.3 is 0 Å². The third kappa shape index (κ3) is 3.74. The summed E-state index contributed by atoms with van der Waals surface area (Å²) in [5.41, 5.74) is 5.98. The average molecular weight is 250 g/mol. The van der Waals surface area contributed by atoms with E-state index in [0.29, 0.717) is 6.42 Å². The summed E-state index contributed by atoms with van der Waals surface area (Å²) in [4.78, 5) is 12.0. The van der Waals surface area contributed by atoms with E-state index < -0.39 is 5.54 Å². The van der Waals surface area contributed by atoms with E-state index in [9.17, 15) is 9.90 Å². The van der Waals surface area contributed by atoms with Crippen molar-refractivity contribution in [2.75, 3.05) is 0 Å². The maximum absolute atomic E-state index is 12.0. The van der Waals surface area contributed by atoms with Gasteiger partial charge in [-0.15, -0.1) is 0 Å². The highest BCUT2D eigenvalue weighted by molar-refractivity contribution is 5.85. The molecular formula is C14H22N2O2. The lowest BCUT2D eigenvalue weighted by Gasteiger charge is -2.25. The zero-order chi connectivity index (χ0) is 13.8. The lowest BCUT2D eigenvalue weighted by atomic mass is 9.95. The van der Waals surface area contributed by atoms with Crippen molar-refractivity contribution in [3.05, 3.63) is 29.8 Å². The monoisotopic (exact) mass is 250 g/mol. The summed E-state index contributed by atoms with van der Waals surface area (Å²) in [5, 5.41) is 12.3. The highest BCUT2D eigenvalue weighted by atomic mass is 16.3. The Morgan fingerprint density at radius 3 is 2.78 bits per heavy atom. The van der Waals surface area contributed by atoms with Gasteiger partial charge in [-0.3, -0.25) is 4.79 Å². The molecule has 1 aromatic carbocycles. The third-order valence-corrected chi connectivity index (χ3v) is 3.01. The fraction of sp³-hybridized carbons (Fsp3) is 0.500. The molecule has 100 valence electrons. The molecule has 18 heavy (non-hydrogen) atoms. The van der Waals surface area contributed by atoms with Crippen LogP contribution in [0.5, 0.6) is 5.75 Å². The molecule has 0 bridgehead atoms. The van der Waals surface area contributed by atoms with E-state index in [1.54, 1.807) is 25.1 Å². The van der Waals surface area contributed by atoms with Crippen LogP contribution in [0.25, 0.3) is 0 Å². The fourth-order valence-corrected chi connectivity index (χ4v) is 1.87. The molecule has 1 rings (SSSR count). The number of nitrogens with two attached hydrogens (primary N) is 1. The number of carbonyl (C=O) groups is 1. The molecule has 0 saturated carbocycles. The second-order valence-electron chi connectivity index (χ2n) is 4.96. The standard InChI is InChI=1S/C14H22N2O2/c1-4-8-14(3,15)13(18)16-10(2)11-6-5-7-12(17)9-11/h5-7,9-10,17H,4,8,15H2,1-3H3,(H,16,18). The zero-order valence-corrected chi connectivity index (χ0v) is 11.2. The van der Waals surface area contributed by atoms with E-state index in [1.807, 2.05) is 19.9 Å². The zero-order valence-electron chi connectivity index (χ0n) is 11.2. The van der Waals surface area contributed by atoms with Gasteiger partial charge in [0.2, 0.25) is 5.91 Å². The van der Waals surface area contributed by atoms with Crippen LogP contribution in [0.15, 0.2) is 24.3 Å². The highest BCUT2D eigenvalue weighted by Gasteiger charge is 2.28. The first kappa shape index (κ1) is 14.5. The van der Waals surface area contributed by atoms with Crippen LogP contribution < -0.4 is 11.1 Å². The SMILES string of the molecule is CCCC(C)(N)C(=O)NC(C)c1cccc(O)c1. The summed E-state index contributed by atoms with van der Waals surface area (Å²) < 4.78 is 0. The summed E-state index contributed by atoms with van der Waals surface area (Å²) in [5.74, 6) is 0.0258. The van der Waals surface area contributed by atoms with Gasteiger partial charge in [-0.1, -0.05) is 25.5 Å². The Hall–Kier alpha value is -1.55. The number of phenols is 1. The molecule has 2 unspecified atom stereocenters. The van der Waals surface area contributed by atoms with Gasteiger partial charge in [0.1, 0.15) is 5.75 Å². The average Bonchev–Trinajstić information content (AvgIpc) is 2.28. The molecule has 0 aliphatic heterocycles. The van der Waals surface area contributed by atoms with E-state index in [2.05, 4.69) is 5.32 Å². The number of amides is 1. The maximum Gasteiger partial charge on any atom is 0.240 e.